The van der Waals surface area contributed by atoms with Crippen LogP contribution in [0, 0.1) is 12.8 Å². The van der Waals surface area contributed by atoms with Gasteiger partial charge in [-0.1, -0.05) is 11.6 Å². The largest absolute Gasteiger partial charge is 0.379 e. The maximum absolute atomic E-state index is 12.5. The Bertz CT molecular complexity index is 475. The molecule has 7 heteroatoms. The predicted octanol–water partition coefficient (Wildman–Crippen LogP) is 1.02. The third-order valence-electron chi connectivity index (χ3n) is 3.32. The fraction of sp³-hybridized carbons (Fsp3) is 0.692. The van der Waals surface area contributed by atoms with E-state index in [2.05, 4.69) is 15.1 Å². The average Bonchev–Trinajstić information content (AvgIpc) is 2.61. The van der Waals surface area contributed by atoms with Gasteiger partial charge in [0.25, 0.3) is 5.91 Å². The zero-order valence-corrected chi connectivity index (χ0v) is 12.9. The van der Waals surface area contributed by atoms with E-state index >= 15 is 0 Å². The van der Waals surface area contributed by atoms with E-state index in [9.17, 15) is 4.79 Å². The fourth-order valence-electron chi connectivity index (χ4n) is 2.40. The number of H-pyrrole nitrogens is 1. The number of aromatic amines is 1. The van der Waals surface area contributed by atoms with Crippen molar-refractivity contribution in [3.8, 4) is 0 Å². The predicted molar refractivity (Wildman–Crippen MR) is 77.1 cm³/mol. The molecule has 1 N–H and O–H groups in total. The first kappa shape index (κ1) is 15.3. The van der Waals surface area contributed by atoms with Gasteiger partial charge in [-0.2, -0.15) is 5.10 Å². The zero-order valence-electron chi connectivity index (χ0n) is 12.1. The Morgan fingerprint density at radius 3 is 2.95 bits per heavy atom. The smallest absolute Gasteiger partial charge is 0.276 e. The fourth-order valence-corrected chi connectivity index (χ4v) is 2.56. The van der Waals surface area contributed by atoms with Gasteiger partial charge in [0, 0.05) is 25.6 Å². The highest BCUT2D eigenvalue weighted by atomic mass is 35.5. The minimum atomic E-state index is -0.131. The zero-order chi connectivity index (χ0) is 14.7. The molecule has 2 rings (SSSR count). The highest BCUT2D eigenvalue weighted by Crippen LogP contribution is 2.20. The highest BCUT2D eigenvalue weighted by molar-refractivity contribution is 6.34. The SMILES string of the molecule is Cc1[nH]nc(C(=O)N2CCOC[C@@H](CN(C)C)C2)c1Cl. The van der Waals surface area contributed by atoms with Crippen molar-refractivity contribution in [2.24, 2.45) is 5.92 Å². The van der Waals surface area contributed by atoms with E-state index in [4.69, 9.17) is 16.3 Å². The molecule has 0 saturated carbocycles. The summed E-state index contributed by atoms with van der Waals surface area (Å²) < 4.78 is 5.58. The number of hydrogen-bond donors (Lipinski definition) is 1. The number of rotatable bonds is 3. The van der Waals surface area contributed by atoms with Gasteiger partial charge in [-0.05, 0) is 21.0 Å². The number of hydrogen-bond acceptors (Lipinski definition) is 4. The first-order valence-electron chi connectivity index (χ1n) is 6.71. The van der Waals surface area contributed by atoms with Gasteiger partial charge in [0.05, 0.1) is 23.9 Å². The Morgan fingerprint density at radius 1 is 1.60 bits per heavy atom. The van der Waals surface area contributed by atoms with Crippen LogP contribution < -0.4 is 0 Å². The number of carbonyl (C=O) groups is 1. The normalized spacial score (nSPS) is 20.2. The second-order valence-corrected chi connectivity index (χ2v) is 5.84. The van der Waals surface area contributed by atoms with Crippen molar-refractivity contribution in [2.45, 2.75) is 6.92 Å². The van der Waals surface area contributed by atoms with E-state index in [1.165, 1.54) is 0 Å². The highest BCUT2D eigenvalue weighted by Gasteiger charge is 2.27. The average molecular weight is 301 g/mol. The van der Waals surface area contributed by atoms with Gasteiger partial charge < -0.3 is 14.5 Å². The van der Waals surface area contributed by atoms with Gasteiger partial charge in [0.1, 0.15) is 0 Å². The summed E-state index contributed by atoms with van der Waals surface area (Å²) in [5.74, 6) is 0.170. The van der Waals surface area contributed by atoms with Crippen molar-refractivity contribution >= 4 is 17.5 Å². The van der Waals surface area contributed by atoms with Crippen molar-refractivity contribution in [3.05, 3.63) is 16.4 Å². The first-order valence-corrected chi connectivity index (χ1v) is 7.09. The molecule has 112 valence electrons. The molecule has 1 saturated heterocycles. The molecule has 2 heterocycles. The monoisotopic (exact) mass is 300 g/mol. The van der Waals surface area contributed by atoms with Gasteiger partial charge in [0.15, 0.2) is 5.69 Å². The molecule has 20 heavy (non-hydrogen) atoms. The molecule has 1 amide bonds. The summed E-state index contributed by atoms with van der Waals surface area (Å²) in [4.78, 5) is 16.4. The summed E-state index contributed by atoms with van der Waals surface area (Å²) in [5.41, 5.74) is 1.01. The van der Waals surface area contributed by atoms with Gasteiger partial charge >= 0.3 is 0 Å². The van der Waals surface area contributed by atoms with Crippen LogP contribution in [0.4, 0.5) is 0 Å². The Morgan fingerprint density at radius 2 is 2.35 bits per heavy atom. The number of carbonyl (C=O) groups excluding carboxylic acids is 1. The second kappa shape index (κ2) is 6.56. The minimum Gasteiger partial charge on any atom is -0.379 e. The van der Waals surface area contributed by atoms with Crippen LogP contribution in [-0.2, 0) is 4.74 Å². The lowest BCUT2D eigenvalue weighted by molar-refractivity contribution is 0.0729. The lowest BCUT2D eigenvalue weighted by atomic mass is 10.1. The molecule has 6 nitrogen and oxygen atoms in total. The summed E-state index contributed by atoms with van der Waals surface area (Å²) in [6.07, 6.45) is 0. The second-order valence-electron chi connectivity index (χ2n) is 5.47. The van der Waals surface area contributed by atoms with Crippen LogP contribution in [0.15, 0.2) is 0 Å². The van der Waals surface area contributed by atoms with Gasteiger partial charge in [0.2, 0.25) is 0 Å². The summed E-state index contributed by atoms with van der Waals surface area (Å²) in [7, 11) is 4.04. The van der Waals surface area contributed by atoms with E-state index in [0.717, 1.165) is 6.54 Å². The van der Waals surface area contributed by atoms with Crippen molar-refractivity contribution in [3.63, 3.8) is 0 Å². The summed E-state index contributed by atoms with van der Waals surface area (Å²) in [5, 5.41) is 7.16. The van der Waals surface area contributed by atoms with Gasteiger partial charge in [-0.25, -0.2) is 0 Å². The molecular formula is C13H21ClN4O2. The maximum Gasteiger partial charge on any atom is 0.276 e. The van der Waals surface area contributed by atoms with Crippen molar-refractivity contribution in [1.82, 2.24) is 20.0 Å². The number of aromatic nitrogens is 2. The molecule has 1 aliphatic rings. The molecule has 1 fully saturated rings. The molecule has 0 aliphatic carbocycles. The minimum absolute atomic E-state index is 0.131. The van der Waals surface area contributed by atoms with Crippen molar-refractivity contribution in [2.75, 3.05) is 46.9 Å². The molecule has 0 spiro atoms. The molecule has 1 aromatic heterocycles. The lowest BCUT2D eigenvalue weighted by Crippen LogP contribution is -2.39. The van der Waals surface area contributed by atoms with E-state index < -0.39 is 0 Å². The first-order chi connectivity index (χ1) is 9.49. The Balaban J connectivity index is 2.09. The van der Waals surface area contributed by atoms with Gasteiger partial charge in [-0.3, -0.25) is 9.89 Å². The van der Waals surface area contributed by atoms with Crippen LogP contribution in [0.5, 0.6) is 0 Å². The third kappa shape index (κ3) is 3.50. The van der Waals surface area contributed by atoms with Crippen molar-refractivity contribution < 1.29 is 9.53 Å². The standard InChI is InChI=1S/C13H21ClN4O2/c1-9-11(14)12(16-15-9)13(19)18-4-5-20-8-10(7-18)6-17(2)3/h10H,4-8H2,1-3H3,(H,15,16)/t10-/m0/s1. The topological polar surface area (TPSA) is 61.5 Å². The molecule has 0 unspecified atom stereocenters. The van der Waals surface area contributed by atoms with Crippen LogP contribution in [0.3, 0.4) is 0 Å². The summed E-state index contributed by atoms with van der Waals surface area (Å²) in [6.45, 7) is 5.15. The number of aryl methyl sites for hydroxylation is 1. The van der Waals surface area contributed by atoms with Crippen LogP contribution in [0.25, 0.3) is 0 Å². The van der Waals surface area contributed by atoms with E-state index in [-0.39, 0.29) is 5.91 Å². The van der Waals surface area contributed by atoms with Crippen molar-refractivity contribution in [1.29, 1.82) is 0 Å². The maximum atomic E-state index is 12.5. The Hall–Kier alpha value is -1.11. The number of halogens is 1. The van der Waals surface area contributed by atoms with Gasteiger partial charge in [-0.15, -0.1) is 0 Å². The quantitative estimate of drug-likeness (QED) is 0.905. The van der Waals surface area contributed by atoms with Crippen LogP contribution >= 0.6 is 11.6 Å². The van der Waals surface area contributed by atoms with Crippen LogP contribution in [0.1, 0.15) is 16.2 Å². The Kier molecular flexibility index (Phi) is 5.01. The molecule has 0 aromatic carbocycles. The van der Waals surface area contributed by atoms with E-state index in [0.29, 0.717) is 48.6 Å². The van der Waals surface area contributed by atoms with Crippen LogP contribution in [0.2, 0.25) is 5.02 Å². The molecule has 1 aliphatic heterocycles. The number of ether oxygens (including phenoxy) is 1. The molecular weight excluding hydrogens is 280 g/mol. The number of amides is 1. The molecule has 1 atom stereocenters. The lowest BCUT2D eigenvalue weighted by Gasteiger charge is -2.24. The third-order valence-corrected chi connectivity index (χ3v) is 3.79. The number of nitrogens with zero attached hydrogens (tertiary/aromatic N) is 3. The van der Waals surface area contributed by atoms with E-state index in [1.807, 2.05) is 14.1 Å². The summed E-state index contributed by atoms with van der Waals surface area (Å²) in [6, 6.07) is 0. The van der Waals surface area contributed by atoms with Crippen LogP contribution in [-0.4, -0.2) is 72.8 Å². The Labute approximate surface area is 124 Å². The molecule has 0 bridgehead atoms. The molecule has 0 radical (unpaired) electrons. The molecule has 1 aromatic rings. The van der Waals surface area contributed by atoms with E-state index in [1.54, 1.807) is 11.8 Å². The summed E-state index contributed by atoms with van der Waals surface area (Å²) >= 11 is 6.10. The number of nitrogens with one attached hydrogen (secondary N) is 1.